The Morgan fingerprint density at radius 3 is 2.50 bits per heavy atom. The molecule has 1 aromatic carbocycles. The van der Waals surface area contributed by atoms with Crippen LogP contribution in [0.25, 0.3) is 0 Å². The van der Waals surface area contributed by atoms with E-state index in [1.165, 1.54) is 18.2 Å². The summed E-state index contributed by atoms with van der Waals surface area (Å²) >= 11 is 1.08. The van der Waals surface area contributed by atoms with E-state index in [-0.39, 0.29) is 4.21 Å². The fraction of sp³-hybridized carbons (Fsp3) is 0.143. The van der Waals surface area contributed by atoms with Crippen molar-refractivity contribution in [2.24, 2.45) is 0 Å². The van der Waals surface area contributed by atoms with Gasteiger partial charge in [-0.25, -0.2) is 13.1 Å². The van der Waals surface area contributed by atoms with Crippen LogP contribution in [0.5, 0.6) is 5.75 Å². The summed E-state index contributed by atoms with van der Waals surface area (Å²) in [6.07, 6.45) is 0. The largest absolute Gasteiger partial charge is 0.484 e. The second-order valence-electron chi connectivity index (χ2n) is 4.32. The highest BCUT2D eigenvalue weighted by molar-refractivity contribution is 7.92. The van der Waals surface area contributed by atoms with Crippen molar-refractivity contribution in [2.45, 2.75) is 11.1 Å². The Kier molecular flexibility index (Phi) is 4.80. The summed E-state index contributed by atoms with van der Waals surface area (Å²) in [6, 6.07) is 11.2. The SMILES string of the molecule is Cc1ccc(S(=O)(=O)NC(=O)COc2ccc(C#N)cc2)s1. The van der Waals surface area contributed by atoms with Crippen molar-refractivity contribution >= 4 is 27.3 Å². The monoisotopic (exact) mass is 336 g/mol. The first-order valence-corrected chi connectivity index (χ1v) is 8.46. The van der Waals surface area contributed by atoms with Crippen molar-refractivity contribution in [1.82, 2.24) is 4.72 Å². The molecule has 1 heterocycles. The van der Waals surface area contributed by atoms with Gasteiger partial charge in [-0.15, -0.1) is 11.3 Å². The van der Waals surface area contributed by atoms with Crippen LogP contribution in [0.15, 0.2) is 40.6 Å². The van der Waals surface area contributed by atoms with Crippen LogP contribution in [0.2, 0.25) is 0 Å². The van der Waals surface area contributed by atoms with E-state index in [0.717, 1.165) is 16.2 Å². The highest BCUT2D eigenvalue weighted by Gasteiger charge is 2.19. The molecule has 0 unspecified atom stereocenters. The van der Waals surface area contributed by atoms with Gasteiger partial charge in [-0.3, -0.25) is 4.79 Å². The van der Waals surface area contributed by atoms with Crippen molar-refractivity contribution in [3.63, 3.8) is 0 Å². The molecule has 0 aliphatic carbocycles. The number of amides is 1. The van der Waals surface area contributed by atoms with Gasteiger partial charge in [0, 0.05) is 4.88 Å². The number of nitriles is 1. The van der Waals surface area contributed by atoms with Gasteiger partial charge in [0.15, 0.2) is 6.61 Å². The third kappa shape index (κ3) is 4.07. The second kappa shape index (κ2) is 6.60. The zero-order chi connectivity index (χ0) is 16.2. The third-order valence-electron chi connectivity index (χ3n) is 2.58. The Hall–Kier alpha value is -2.37. The number of rotatable bonds is 5. The van der Waals surface area contributed by atoms with E-state index in [9.17, 15) is 13.2 Å². The van der Waals surface area contributed by atoms with Gasteiger partial charge in [0.25, 0.3) is 15.9 Å². The molecule has 1 aromatic heterocycles. The molecule has 2 rings (SSSR count). The number of sulfonamides is 1. The van der Waals surface area contributed by atoms with Crippen LogP contribution >= 0.6 is 11.3 Å². The van der Waals surface area contributed by atoms with E-state index in [1.54, 1.807) is 25.1 Å². The van der Waals surface area contributed by atoms with Crippen LogP contribution < -0.4 is 9.46 Å². The molecule has 6 nitrogen and oxygen atoms in total. The number of aryl methyl sites for hydroxylation is 1. The smallest absolute Gasteiger partial charge is 0.273 e. The molecule has 0 aliphatic heterocycles. The highest BCUT2D eigenvalue weighted by Crippen LogP contribution is 2.20. The average molecular weight is 336 g/mol. The van der Waals surface area contributed by atoms with E-state index < -0.39 is 22.5 Å². The molecular weight excluding hydrogens is 324 g/mol. The summed E-state index contributed by atoms with van der Waals surface area (Å²) in [5.41, 5.74) is 0.465. The Morgan fingerprint density at radius 1 is 1.27 bits per heavy atom. The zero-order valence-electron chi connectivity index (χ0n) is 11.6. The Labute approximate surface area is 132 Å². The van der Waals surface area contributed by atoms with Crippen LogP contribution in [0.1, 0.15) is 10.4 Å². The molecule has 0 spiro atoms. The summed E-state index contributed by atoms with van der Waals surface area (Å²) in [5.74, 6) is -0.395. The first kappa shape index (κ1) is 16.0. The summed E-state index contributed by atoms with van der Waals surface area (Å²) < 4.78 is 31.1. The molecule has 1 amide bonds. The molecule has 0 bridgehead atoms. The maximum atomic E-state index is 11.9. The molecule has 0 saturated carbocycles. The molecule has 0 radical (unpaired) electrons. The number of thiophene rings is 1. The van der Waals surface area contributed by atoms with Crippen molar-refractivity contribution in [3.05, 3.63) is 46.8 Å². The molecular formula is C14H12N2O4S2. The van der Waals surface area contributed by atoms with Crippen molar-refractivity contribution < 1.29 is 17.9 Å². The maximum absolute atomic E-state index is 11.9. The van der Waals surface area contributed by atoms with Gasteiger partial charge in [0.1, 0.15) is 9.96 Å². The minimum Gasteiger partial charge on any atom is -0.484 e. The average Bonchev–Trinajstić information content (AvgIpc) is 2.93. The maximum Gasteiger partial charge on any atom is 0.273 e. The molecule has 8 heteroatoms. The normalized spacial score (nSPS) is 10.7. The van der Waals surface area contributed by atoms with Crippen molar-refractivity contribution in [2.75, 3.05) is 6.61 Å². The summed E-state index contributed by atoms with van der Waals surface area (Å²) in [5, 5.41) is 8.66. The Morgan fingerprint density at radius 2 is 1.95 bits per heavy atom. The fourth-order valence-electron chi connectivity index (χ4n) is 1.56. The summed E-state index contributed by atoms with van der Waals surface area (Å²) in [4.78, 5) is 12.5. The van der Waals surface area contributed by atoms with Crippen LogP contribution in [-0.2, 0) is 14.8 Å². The summed E-state index contributed by atoms with van der Waals surface area (Å²) in [7, 11) is -3.86. The minimum atomic E-state index is -3.86. The first-order valence-electron chi connectivity index (χ1n) is 6.16. The lowest BCUT2D eigenvalue weighted by Crippen LogP contribution is -2.34. The van der Waals surface area contributed by atoms with Gasteiger partial charge >= 0.3 is 0 Å². The lowest BCUT2D eigenvalue weighted by atomic mass is 10.2. The lowest BCUT2D eigenvalue weighted by Gasteiger charge is -2.07. The predicted molar refractivity (Wildman–Crippen MR) is 81.0 cm³/mol. The number of nitrogens with one attached hydrogen (secondary N) is 1. The number of benzene rings is 1. The van der Waals surface area contributed by atoms with E-state index in [4.69, 9.17) is 10.00 Å². The van der Waals surface area contributed by atoms with E-state index in [2.05, 4.69) is 0 Å². The molecule has 0 fully saturated rings. The quantitative estimate of drug-likeness (QED) is 0.898. The number of hydrogen-bond donors (Lipinski definition) is 1. The number of hydrogen-bond acceptors (Lipinski definition) is 6. The van der Waals surface area contributed by atoms with Crippen LogP contribution in [0.4, 0.5) is 0 Å². The molecule has 0 saturated heterocycles. The van der Waals surface area contributed by atoms with E-state index in [0.29, 0.717) is 11.3 Å². The number of nitrogens with zero attached hydrogens (tertiary/aromatic N) is 1. The van der Waals surface area contributed by atoms with Gasteiger partial charge in [-0.2, -0.15) is 5.26 Å². The molecule has 1 N–H and O–H groups in total. The lowest BCUT2D eigenvalue weighted by molar-refractivity contribution is -0.121. The molecule has 114 valence electrons. The zero-order valence-corrected chi connectivity index (χ0v) is 13.2. The predicted octanol–water partition coefficient (Wildman–Crippen LogP) is 1.81. The highest BCUT2D eigenvalue weighted by atomic mass is 32.2. The third-order valence-corrected chi connectivity index (χ3v) is 5.45. The second-order valence-corrected chi connectivity index (χ2v) is 7.52. The molecule has 22 heavy (non-hydrogen) atoms. The molecule has 2 aromatic rings. The number of carbonyl (C=O) groups is 1. The van der Waals surface area contributed by atoms with Gasteiger partial charge in [0.05, 0.1) is 11.6 Å². The minimum absolute atomic E-state index is 0.0803. The standard InChI is InChI=1S/C14H12N2O4S2/c1-10-2-7-14(21-10)22(18,19)16-13(17)9-20-12-5-3-11(8-15)4-6-12/h2-7H,9H2,1H3,(H,16,17). The van der Waals surface area contributed by atoms with Crippen LogP contribution in [-0.4, -0.2) is 20.9 Å². The summed E-state index contributed by atoms with van der Waals surface area (Å²) in [6.45, 7) is 1.34. The topological polar surface area (TPSA) is 96.3 Å². The Bertz CT molecular complexity index is 817. The van der Waals surface area contributed by atoms with Crippen LogP contribution in [0, 0.1) is 18.3 Å². The van der Waals surface area contributed by atoms with Gasteiger partial charge in [-0.05, 0) is 43.3 Å². The first-order chi connectivity index (χ1) is 10.4. The fourth-order valence-corrected chi connectivity index (χ4v) is 3.81. The molecule has 0 aliphatic rings. The van der Waals surface area contributed by atoms with Gasteiger partial charge < -0.3 is 4.74 Å². The van der Waals surface area contributed by atoms with Crippen molar-refractivity contribution in [1.29, 1.82) is 5.26 Å². The number of carbonyl (C=O) groups excluding carboxylic acids is 1. The van der Waals surface area contributed by atoms with Gasteiger partial charge in [-0.1, -0.05) is 0 Å². The van der Waals surface area contributed by atoms with E-state index in [1.807, 2.05) is 10.8 Å². The van der Waals surface area contributed by atoms with E-state index >= 15 is 0 Å². The van der Waals surface area contributed by atoms with Gasteiger partial charge in [0.2, 0.25) is 0 Å². The van der Waals surface area contributed by atoms with Crippen molar-refractivity contribution in [3.8, 4) is 11.8 Å². The number of ether oxygens (including phenoxy) is 1. The Balaban J connectivity index is 1.94. The van der Waals surface area contributed by atoms with Crippen LogP contribution in [0.3, 0.4) is 0 Å². The molecule has 0 atom stereocenters.